The second kappa shape index (κ2) is 7.87. The van der Waals surface area contributed by atoms with Gasteiger partial charge in [0.05, 0.1) is 6.54 Å². The topological polar surface area (TPSA) is 64.6 Å². The summed E-state index contributed by atoms with van der Waals surface area (Å²) >= 11 is 0. The Morgan fingerprint density at radius 2 is 2.06 bits per heavy atom. The van der Waals surface area contributed by atoms with Crippen LogP contribution in [0.4, 0.5) is 0 Å². The van der Waals surface area contributed by atoms with Crippen molar-refractivity contribution < 1.29 is 19.1 Å². The minimum Gasteiger partial charge on any atom is -0.460 e. The molecule has 0 aliphatic heterocycles. The van der Waals surface area contributed by atoms with Gasteiger partial charge in [-0.15, -0.1) is 0 Å². The van der Waals surface area contributed by atoms with E-state index in [1.165, 1.54) is 0 Å². The van der Waals surface area contributed by atoms with Gasteiger partial charge in [-0.25, -0.2) is 4.79 Å². The molecule has 0 aromatic carbocycles. The first-order valence-electron chi connectivity index (χ1n) is 5.21. The van der Waals surface area contributed by atoms with Crippen molar-refractivity contribution >= 4 is 11.9 Å². The lowest BCUT2D eigenvalue weighted by molar-refractivity contribution is -0.140. The van der Waals surface area contributed by atoms with E-state index in [2.05, 4.69) is 11.9 Å². The van der Waals surface area contributed by atoms with Crippen LogP contribution < -0.4 is 5.32 Å². The molecule has 0 aliphatic carbocycles. The van der Waals surface area contributed by atoms with Crippen molar-refractivity contribution in [2.75, 3.05) is 19.8 Å². The van der Waals surface area contributed by atoms with Crippen LogP contribution in [0.2, 0.25) is 0 Å². The summed E-state index contributed by atoms with van der Waals surface area (Å²) < 4.78 is 9.89. The van der Waals surface area contributed by atoms with Gasteiger partial charge in [0.15, 0.2) is 0 Å². The van der Waals surface area contributed by atoms with Crippen LogP contribution >= 0.6 is 0 Å². The molecule has 0 spiro atoms. The van der Waals surface area contributed by atoms with E-state index in [0.29, 0.717) is 12.2 Å². The molecule has 5 heteroatoms. The van der Waals surface area contributed by atoms with Gasteiger partial charge in [0.25, 0.3) is 0 Å². The number of carbonyl (C=O) groups excluding carboxylic acids is 2. The molecule has 0 radical (unpaired) electrons. The van der Waals surface area contributed by atoms with Gasteiger partial charge in [0.2, 0.25) is 5.91 Å². The molecule has 0 saturated carbocycles. The predicted octanol–water partition coefficient (Wildman–Crippen LogP) is 0.647. The van der Waals surface area contributed by atoms with E-state index in [9.17, 15) is 9.59 Å². The Labute approximate surface area is 95.8 Å². The van der Waals surface area contributed by atoms with Gasteiger partial charge in [0.1, 0.15) is 12.7 Å². The number of rotatable bonds is 7. The van der Waals surface area contributed by atoms with E-state index in [1.54, 1.807) is 13.8 Å². The summed E-state index contributed by atoms with van der Waals surface area (Å²) in [5, 5.41) is 2.59. The number of esters is 1. The van der Waals surface area contributed by atoms with Crippen molar-refractivity contribution in [3.63, 3.8) is 0 Å². The number of hydrogen-bond donors (Lipinski definition) is 1. The van der Waals surface area contributed by atoms with Crippen LogP contribution in [0.1, 0.15) is 20.8 Å². The normalized spacial score (nSPS) is 11.7. The average Bonchev–Trinajstić information content (AvgIpc) is 2.23. The predicted molar refractivity (Wildman–Crippen MR) is 59.9 cm³/mol. The van der Waals surface area contributed by atoms with E-state index in [4.69, 9.17) is 9.47 Å². The van der Waals surface area contributed by atoms with Crippen molar-refractivity contribution in [2.45, 2.75) is 26.9 Å². The molecule has 1 N–H and O–H groups in total. The molecule has 16 heavy (non-hydrogen) atoms. The zero-order valence-corrected chi connectivity index (χ0v) is 10.0. The molecule has 0 aromatic rings. The first-order chi connectivity index (χ1) is 7.49. The maximum Gasteiger partial charge on any atom is 0.333 e. The molecule has 1 atom stereocenters. The maximum absolute atomic E-state index is 11.3. The number of nitrogens with one attached hydrogen (secondary N) is 1. The third-order valence-electron chi connectivity index (χ3n) is 1.77. The van der Waals surface area contributed by atoms with E-state index >= 15 is 0 Å². The lowest BCUT2D eigenvalue weighted by atomic mass is 10.3. The van der Waals surface area contributed by atoms with Crippen molar-refractivity contribution in [3.05, 3.63) is 12.2 Å². The van der Waals surface area contributed by atoms with Gasteiger partial charge in [-0.05, 0) is 20.8 Å². The Balaban J connectivity index is 3.63. The van der Waals surface area contributed by atoms with E-state index in [1.807, 2.05) is 6.92 Å². The fourth-order valence-corrected chi connectivity index (χ4v) is 0.911. The van der Waals surface area contributed by atoms with Gasteiger partial charge in [-0.2, -0.15) is 0 Å². The number of hydrogen-bond acceptors (Lipinski definition) is 4. The fourth-order valence-electron chi connectivity index (χ4n) is 0.911. The number of amides is 1. The standard InChI is InChI=1S/C11H19NO4/c1-5-15-9(4)10(13)12-6-7-16-11(14)8(2)3/h9H,2,5-7H2,1,3-4H3,(H,12,13). The Morgan fingerprint density at radius 3 is 2.56 bits per heavy atom. The molecule has 0 bridgehead atoms. The lowest BCUT2D eigenvalue weighted by Crippen LogP contribution is -2.36. The summed E-state index contributed by atoms with van der Waals surface area (Å²) in [4.78, 5) is 22.3. The zero-order valence-electron chi connectivity index (χ0n) is 10.0. The SMILES string of the molecule is C=C(C)C(=O)OCCNC(=O)C(C)OCC. The molecule has 0 aromatic heterocycles. The minimum absolute atomic E-state index is 0.135. The number of carbonyl (C=O) groups is 2. The van der Waals surface area contributed by atoms with Gasteiger partial charge in [-0.1, -0.05) is 6.58 Å². The molecular formula is C11H19NO4. The summed E-state index contributed by atoms with van der Waals surface area (Å²) in [6, 6.07) is 0. The Hall–Kier alpha value is -1.36. The smallest absolute Gasteiger partial charge is 0.333 e. The van der Waals surface area contributed by atoms with Gasteiger partial charge in [0, 0.05) is 12.2 Å². The monoisotopic (exact) mass is 229 g/mol. The molecule has 5 nitrogen and oxygen atoms in total. The third kappa shape index (κ3) is 6.19. The highest BCUT2D eigenvalue weighted by molar-refractivity contribution is 5.87. The summed E-state index contributed by atoms with van der Waals surface area (Å²) in [7, 11) is 0. The second-order valence-electron chi connectivity index (χ2n) is 3.30. The second-order valence-corrected chi connectivity index (χ2v) is 3.30. The van der Waals surface area contributed by atoms with Crippen molar-refractivity contribution in [3.8, 4) is 0 Å². The summed E-state index contributed by atoms with van der Waals surface area (Å²) in [5.41, 5.74) is 0.342. The van der Waals surface area contributed by atoms with Crippen LogP contribution in [-0.2, 0) is 19.1 Å². The van der Waals surface area contributed by atoms with Crippen molar-refractivity contribution in [1.82, 2.24) is 5.32 Å². The third-order valence-corrected chi connectivity index (χ3v) is 1.77. The Bertz CT molecular complexity index is 263. The van der Waals surface area contributed by atoms with E-state index in [-0.39, 0.29) is 19.1 Å². The molecule has 0 rings (SSSR count). The summed E-state index contributed by atoms with van der Waals surface area (Å²) in [5.74, 6) is -0.666. The highest BCUT2D eigenvalue weighted by Crippen LogP contribution is 1.92. The van der Waals surface area contributed by atoms with Crippen LogP contribution in [0.15, 0.2) is 12.2 Å². The molecule has 1 amide bonds. The van der Waals surface area contributed by atoms with Crippen LogP contribution in [0, 0.1) is 0 Å². The lowest BCUT2D eigenvalue weighted by Gasteiger charge is -2.11. The molecule has 0 heterocycles. The Kier molecular flexibility index (Phi) is 7.20. The average molecular weight is 229 g/mol. The first kappa shape index (κ1) is 14.6. The number of ether oxygens (including phenoxy) is 2. The van der Waals surface area contributed by atoms with Crippen LogP contribution in [0.3, 0.4) is 0 Å². The minimum atomic E-state index is -0.484. The highest BCUT2D eigenvalue weighted by Gasteiger charge is 2.11. The van der Waals surface area contributed by atoms with Gasteiger partial charge < -0.3 is 14.8 Å². The maximum atomic E-state index is 11.3. The molecule has 0 fully saturated rings. The highest BCUT2D eigenvalue weighted by atomic mass is 16.5. The van der Waals surface area contributed by atoms with Gasteiger partial charge in [-0.3, -0.25) is 4.79 Å². The Morgan fingerprint density at radius 1 is 1.44 bits per heavy atom. The summed E-state index contributed by atoms with van der Waals surface area (Å²) in [6.07, 6.45) is -0.484. The molecular weight excluding hydrogens is 210 g/mol. The molecule has 92 valence electrons. The van der Waals surface area contributed by atoms with Crippen molar-refractivity contribution in [2.24, 2.45) is 0 Å². The van der Waals surface area contributed by atoms with Crippen LogP contribution in [0.25, 0.3) is 0 Å². The van der Waals surface area contributed by atoms with Crippen molar-refractivity contribution in [1.29, 1.82) is 0 Å². The van der Waals surface area contributed by atoms with Gasteiger partial charge >= 0.3 is 5.97 Å². The zero-order chi connectivity index (χ0) is 12.6. The van der Waals surface area contributed by atoms with E-state index < -0.39 is 12.1 Å². The molecule has 0 saturated heterocycles. The van der Waals surface area contributed by atoms with Crippen LogP contribution in [-0.4, -0.2) is 37.7 Å². The molecule has 0 aliphatic rings. The summed E-state index contributed by atoms with van der Waals surface area (Å²) in [6.45, 7) is 9.38. The fraction of sp³-hybridized carbons (Fsp3) is 0.636. The van der Waals surface area contributed by atoms with Crippen LogP contribution in [0.5, 0.6) is 0 Å². The first-order valence-corrected chi connectivity index (χ1v) is 5.21. The molecule has 1 unspecified atom stereocenters. The van der Waals surface area contributed by atoms with E-state index in [0.717, 1.165) is 0 Å². The quantitative estimate of drug-likeness (QED) is 0.395. The largest absolute Gasteiger partial charge is 0.460 e.